The molecule has 34 heavy (non-hydrogen) atoms. The van der Waals surface area contributed by atoms with Gasteiger partial charge in [0.15, 0.2) is 0 Å². The zero-order valence-corrected chi connectivity index (χ0v) is 19.1. The molecule has 1 saturated carbocycles. The molecule has 0 radical (unpaired) electrons. The maximum absolute atomic E-state index is 12.9. The minimum absolute atomic E-state index is 0.318. The summed E-state index contributed by atoms with van der Waals surface area (Å²) in [6.45, 7) is 0. The van der Waals surface area contributed by atoms with E-state index in [1.807, 2.05) is 29.6 Å². The number of hydrogen-bond donors (Lipinski definition) is 2. The molecule has 1 saturated heterocycles. The highest BCUT2D eigenvalue weighted by molar-refractivity contribution is 7.07. The van der Waals surface area contributed by atoms with Gasteiger partial charge in [0.1, 0.15) is 17.2 Å². The van der Waals surface area contributed by atoms with E-state index < -0.39 is 23.4 Å². The monoisotopic (exact) mass is 477 g/mol. The highest BCUT2D eigenvalue weighted by Crippen LogP contribution is 2.38. The molecular formula is C25H23N3O5S. The molecule has 5 rings (SSSR count). The summed E-state index contributed by atoms with van der Waals surface area (Å²) in [5.74, 6) is -0.163. The Balaban J connectivity index is 1.33. The Labute approximate surface area is 200 Å². The molecule has 1 aliphatic heterocycles. The standard InChI is InChI=1S/C25H23N3O5S/c29-22-25(17-4-2-1-3-5-17,23(30)28-24(31)27-22)33-20-12-10-19(11-13-20)32-18-8-6-16(7-9-18)21-14-34-15-26-21/h6-15,17H,1-5H2,(H2,27,28,29,30,31). The van der Waals surface area contributed by atoms with Gasteiger partial charge >= 0.3 is 6.03 Å². The van der Waals surface area contributed by atoms with Crippen molar-refractivity contribution in [3.05, 3.63) is 59.4 Å². The van der Waals surface area contributed by atoms with Crippen LogP contribution in [-0.4, -0.2) is 28.4 Å². The first-order valence-electron chi connectivity index (χ1n) is 11.2. The lowest BCUT2D eigenvalue weighted by Gasteiger charge is -2.41. The number of carbonyl (C=O) groups is 3. The fourth-order valence-electron chi connectivity index (χ4n) is 4.53. The van der Waals surface area contributed by atoms with Crippen LogP contribution < -0.4 is 20.1 Å². The average molecular weight is 478 g/mol. The number of nitrogens with one attached hydrogen (secondary N) is 2. The molecule has 0 spiro atoms. The van der Waals surface area contributed by atoms with E-state index in [-0.39, 0.29) is 5.92 Å². The first-order valence-corrected chi connectivity index (χ1v) is 12.1. The third-order valence-corrected chi connectivity index (χ3v) is 6.82. The predicted molar refractivity (Wildman–Crippen MR) is 126 cm³/mol. The van der Waals surface area contributed by atoms with Gasteiger partial charge in [0, 0.05) is 16.9 Å². The summed E-state index contributed by atoms with van der Waals surface area (Å²) < 4.78 is 12.0. The Bertz CT molecular complexity index is 1170. The maximum atomic E-state index is 12.9. The quantitative estimate of drug-likeness (QED) is 0.500. The fraction of sp³-hybridized carbons (Fsp3) is 0.280. The number of aromatic nitrogens is 1. The fourth-order valence-corrected chi connectivity index (χ4v) is 5.09. The summed E-state index contributed by atoms with van der Waals surface area (Å²) >= 11 is 1.54. The van der Waals surface area contributed by atoms with Gasteiger partial charge in [-0.2, -0.15) is 0 Å². The number of ether oxygens (including phenoxy) is 2. The van der Waals surface area contributed by atoms with Crippen LogP contribution in [0.3, 0.4) is 0 Å². The van der Waals surface area contributed by atoms with Crippen LogP contribution in [0, 0.1) is 5.92 Å². The number of urea groups is 1. The highest BCUT2D eigenvalue weighted by atomic mass is 32.1. The number of thiazole rings is 1. The van der Waals surface area contributed by atoms with Crippen molar-refractivity contribution in [3.8, 4) is 28.5 Å². The van der Waals surface area contributed by atoms with Crippen LogP contribution in [0.2, 0.25) is 0 Å². The van der Waals surface area contributed by atoms with Gasteiger partial charge in [0.25, 0.3) is 17.4 Å². The lowest BCUT2D eigenvalue weighted by molar-refractivity contribution is -0.158. The van der Waals surface area contributed by atoms with Gasteiger partial charge in [-0.1, -0.05) is 19.3 Å². The Kier molecular flexibility index (Phi) is 6.02. The molecule has 1 aliphatic carbocycles. The van der Waals surface area contributed by atoms with Crippen LogP contribution >= 0.6 is 11.3 Å². The van der Waals surface area contributed by atoms with Crippen LogP contribution in [0.25, 0.3) is 11.3 Å². The minimum Gasteiger partial charge on any atom is -0.467 e. The van der Waals surface area contributed by atoms with Gasteiger partial charge in [-0.15, -0.1) is 11.3 Å². The van der Waals surface area contributed by atoms with Crippen LogP contribution in [0.15, 0.2) is 59.4 Å². The molecule has 2 aliphatic rings. The summed E-state index contributed by atoms with van der Waals surface area (Å²) in [6.07, 6.45) is 4.20. The number of carbonyl (C=O) groups excluding carboxylic acids is 3. The number of benzene rings is 2. The van der Waals surface area contributed by atoms with E-state index in [4.69, 9.17) is 9.47 Å². The molecule has 0 atom stereocenters. The van der Waals surface area contributed by atoms with Crippen molar-refractivity contribution in [2.75, 3.05) is 0 Å². The van der Waals surface area contributed by atoms with Crippen LogP contribution in [0.4, 0.5) is 4.79 Å². The first kappa shape index (κ1) is 22.1. The Morgan fingerprint density at radius 1 is 0.824 bits per heavy atom. The van der Waals surface area contributed by atoms with E-state index >= 15 is 0 Å². The van der Waals surface area contributed by atoms with Gasteiger partial charge in [0.05, 0.1) is 11.2 Å². The van der Waals surface area contributed by atoms with Crippen LogP contribution in [-0.2, 0) is 9.59 Å². The second kappa shape index (κ2) is 9.26. The van der Waals surface area contributed by atoms with Crippen LogP contribution in [0.5, 0.6) is 17.2 Å². The average Bonchev–Trinajstić information content (AvgIpc) is 3.39. The van der Waals surface area contributed by atoms with Crippen molar-refractivity contribution in [2.45, 2.75) is 37.7 Å². The molecule has 9 heteroatoms. The molecule has 2 fully saturated rings. The van der Waals surface area contributed by atoms with Gasteiger partial charge < -0.3 is 9.47 Å². The third-order valence-electron chi connectivity index (χ3n) is 6.23. The smallest absolute Gasteiger partial charge is 0.328 e. The van der Waals surface area contributed by atoms with Gasteiger partial charge in [0.2, 0.25) is 0 Å². The van der Waals surface area contributed by atoms with E-state index in [1.54, 1.807) is 41.1 Å². The topological polar surface area (TPSA) is 107 Å². The number of imide groups is 2. The largest absolute Gasteiger partial charge is 0.467 e. The van der Waals surface area contributed by atoms with E-state index in [2.05, 4.69) is 15.6 Å². The van der Waals surface area contributed by atoms with Crippen molar-refractivity contribution in [1.82, 2.24) is 15.6 Å². The lowest BCUT2D eigenvalue weighted by Crippen LogP contribution is -2.72. The summed E-state index contributed by atoms with van der Waals surface area (Å²) in [6, 6.07) is 13.5. The Morgan fingerprint density at radius 3 is 2.00 bits per heavy atom. The van der Waals surface area contributed by atoms with E-state index in [9.17, 15) is 14.4 Å². The molecule has 0 bridgehead atoms. The normalized spacial score (nSPS) is 18.2. The van der Waals surface area contributed by atoms with Crippen molar-refractivity contribution < 1.29 is 23.9 Å². The Hall–Kier alpha value is -3.72. The first-order chi connectivity index (χ1) is 16.5. The van der Waals surface area contributed by atoms with E-state index in [0.29, 0.717) is 30.1 Å². The molecule has 8 nitrogen and oxygen atoms in total. The number of hydrogen-bond acceptors (Lipinski definition) is 7. The van der Waals surface area contributed by atoms with Gasteiger partial charge in [-0.25, -0.2) is 9.78 Å². The highest BCUT2D eigenvalue weighted by Gasteiger charge is 2.58. The predicted octanol–water partition coefficient (Wildman–Crippen LogP) is 4.67. The molecule has 1 aromatic heterocycles. The summed E-state index contributed by atoms with van der Waals surface area (Å²) in [5, 5.41) is 6.41. The maximum Gasteiger partial charge on any atom is 0.328 e. The van der Waals surface area contributed by atoms with E-state index in [1.165, 1.54) is 0 Å². The van der Waals surface area contributed by atoms with Gasteiger partial charge in [-0.3, -0.25) is 20.2 Å². The van der Waals surface area contributed by atoms with Crippen molar-refractivity contribution >= 4 is 29.2 Å². The van der Waals surface area contributed by atoms with Crippen molar-refractivity contribution in [2.24, 2.45) is 5.92 Å². The van der Waals surface area contributed by atoms with Crippen LogP contribution in [0.1, 0.15) is 32.1 Å². The van der Waals surface area contributed by atoms with E-state index in [0.717, 1.165) is 30.5 Å². The summed E-state index contributed by atoms with van der Waals surface area (Å²) in [7, 11) is 0. The lowest BCUT2D eigenvalue weighted by atomic mass is 9.75. The molecule has 2 heterocycles. The molecule has 174 valence electrons. The molecule has 2 aromatic carbocycles. The second-order valence-corrected chi connectivity index (χ2v) is 9.10. The molecule has 3 aromatic rings. The summed E-state index contributed by atoms with van der Waals surface area (Å²) in [4.78, 5) is 41.8. The SMILES string of the molecule is O=C1NC(=O)C(Oc2ccc(Oc3ccc(-c4cscn4)cc3)cc2)(C2CCCCC2)C(=O)N1. The third kappa shape index (κ3) is 4.26. The second-order valence-electron chi connectivity index (χ2n) is 8.38. The van der Waals surface area contributed by atoms with Gasteiger partial charge in [-0.05, 0) is 61.4 Å². The molecular weight excluding hydrogens is 454 g/mol. The minimum atomic E-state index is -1.78. The summed E-state index contributed by atoms with van der Waals surface area (Å²) in [5.41, 5.74) is 1.94. The number of rotatable bonds is 6. The molecule has 4 amide bonds. The van der Waals surface area contributed by atoms with Crippen molar-refractivity contribution in [1.29, 1.82) is 0 Å². The number of nitrogens with zero attached hydrogens (tertiary/aromatic N) is 1. The number of amides is 4. The van der Waals surface area contributed by atoms with Crippen molar-refractivity contribution in [3.63, 3.8) is 0 Å². The molecule has 2 N–H and O–H groups in total. The molecule has 0 unspecified atom stereocenters. The Morgan fingerprint density at radius 2 is 1.41 bits per heavy atom. The zero-order chi connectivity index (χ0) is 23.5. The zero-order valence-electron chi connectivity index (χ0n) is 18.3. The number of barbiturate groups is 1.